The number of halogens is 2. The lowest BCUT2D eigenvalue weighted by Crippen LogP contribution is -2.28. The third-order valence-corrected chi connectivity index (χ3v) is 5.30. The van der Waals surface area contributed by atoms with Crippen LogP contribution >= 0.6 is 23.7 Å². The van der Waals surface area contributed by atoms with Gasteiger partial charge in [-0.1, -0.05) is 30.3 Å². The number of ketones is 1. The highest BCUT2D eigenvalue weighted by atomic mass is 35.5. The molecule has 0 saturated heterocycles. The third-order valence-electron chi connectivity index (χ3n) is 4.96. The van der Waals surface area contributed by atoms with E-state index in [-0.39, 0.29) is 53.1 Å². The van der Waals surface area contributed by atoms with Gasteiger partial charge >= 0.3 is 0 Å². The quantitative estimate of drug-likeness (QED) is 0.352. The van der Waals surface area contributed by atoms with E-state index in [1.165, 1.54) is 32.7 Å². The summed E-state index contributed by atoms with van der Waals surface area (Å²) in [6.07, 6.45) is 2.41. The van der Waals surface area contributed by atoms with Gasteiger partial charge < -0.3 is 28.1 Å². The maximum Gasteiger partial charge on any atom is 0.258 e. The lowest BCUT2D eigenvalue weighted by molar-refractivity contribution is -0.123. The number of ether oxygens (including phenoxy) is 3. The molecule has 0 unspecified atom stereocenters. The van der Waals surface area contributed by atoms with Gasteiger partial charge in [-0.15, -0.1) is 0 Å². The molecule has 184 valence electrons. The minimum absolute atomic E-state index is 0.0439. The van der Waals surface area contributed by atoms with Crippen molar-refractivity contribution in [2.45, 2.75) is 13.0 Å². The zero-order valence-corrected chi connectivity index (χ0v) is 20.4. The summed E-state index contributed by atoms with van der Waals surface area (Å²) in [5, 5.41) is 2.76. The van der Waals surface area contributed by atoms with E-state index >= 15 is 0 Å². The van der Waals surface area contributed by atoms with Crippen molar-refractivity contribution < 1.29 is 32.4 Å². The molecule has 0 aliphatic rings. The second-order valence-electron chi connectivity index (χ2n) is 7.10. The Morgan fingerprint density at radius 3 is 2.17 bits per heavy atom. The second-order valence-corrected chi connectivity index (χ2v) is 7.41. The van der Waals surface area contributed by atoms with E-state index in [9.17, 15) is 9.59 Å². The zero-order valence-electron chi connectivity index (χ0n) is 18.9. The van der Waals surface area contributed by atoms with Gasteiger partial charge in [0.25, 0.3) is 5.91 Å². The highest BCUT2D eigenvalue weighted by molar-refractivity contribution is 6.10. The van der Waals surface area contributed by atoms with Crippen LogP contribution < -0.4 is 28.1 Å². The molecule has 0 bridgehead atoms. The Hall–Kier alpha value is -3.69. The number of hydrogen-bond acceptors (Lipinski definition) is 8. The Morgan fingerprint density at radius 1 is 0.886 bits per heavy atom. The first-order chi connectivity index (χ1) is 17.0. The van der Waals surface area contributed by atoms with Crippen LogP contribution in [0.15, 0.2) is 54.9 Å². The molecule has 11 heteroatoms. The van der Waals surface area contributed by atoms with Crippen LogP contribution in [-0.2, 0) is 17.8 Å². The van der Waals surface area contributed by atoms with E-state index in [0.717, 1.165) is 5.56 Å². The number of hydrogen-bond donors (Lipinski definition) is 1. The Kier molecular flexibility index (Phi) is 9.39. The molecule has 2 aromatic carbocycles. The highest BCUT2D eigenvalue weighted by Gasteiger charge is 2.25. The highest BCUT2D eigenvalue weighted by Crippen LogP contribution is 2.41. The van der Waals surface area contributed by atoms with Crippen molar-refractivity contribution in [3.8, 4) is 28.7 Å². The normalized spacial score (nSPS) is 10.3. The summed E-state index contributed by atoms with van der Waals surface area (Å²) in [4.78, 5) is 29.6. The van der Waals surface area contributed by atoms with Crippen molar-refractivity contribution in [2.24, 2.45) is 0 Å². The van der Waals surface area contributed by atoms with Gasteiger partial charge in [0, 0.05) is 13.0 Å². The Bertz CT molecular complexity index is 1150. The Morgan fingerprint density at radius 2 is 1.57 bits per heavy atom. The zero-order chi connectivity index (χ0) is 25.2. The van der Waals surface area contributed by atoms with Crippen LogP contribution in [0.4, 0.5) is 0 Å². The van der Waals surface area contributed by atoms with Crippen molar-refractivity contribution in [1.29, 1.82) is 0 Å². The fourth-order valence-electron chi connectivity index (χ4n) is 3.26. The van der Waals surface area contributed by atoms with E-state index < -0.39 is 5.78 Å². The van der Waals surface area contributed by atoms with Crippen molar-refractivity contribution >= 4 is 35.4 Å². The molecule has 0 aliphatic carbocycles. The van der Waals surface area contributed by atoms with Crippen LogP contribution in [0.5, 0.6) is 28.7 Å². The number of carbonyl (C=O) groups excluding carboxylic acids is 2. The smallest absolute Gasteiger partial charge is 0.258 e. The number of aromatic nitrogens is 1. The van der Waals surface area contributed by atoms with Gasteiger partial charge in [-0.25, -0.2) is 0 Å². The fourth-order valence-corrected chi connectivity index (χ4v) is 3.53. The van der Waals surface area contributed by atoms with Gasteiger partial charge in [0.1, 0.15) is 23.7 Å². The van der Waals surface area contributed by atoms with Gasteiger partial charge in [-0.2, -0.15) is 0 Å². The standard InChI is InChI=1S/C24H22Cl2N2O7/c1-31-19-9-8-16(18(29)10-17-20(34-25)12-27-13-21(17)35-26)23(24(19)32-2)33-14-22(30)28-11-15-6-4-3-5-7-15/h3-9,12-13H,10-11,14H2,1-2H3,(H,28,30). The molecule has 0 spiro atoms. The molecule has 0 fully saturated rings. The SMILES string of the molecule is COc1ccc(C(=O)Cc2c(OCl)cncc2OCl)c(OCC(=O)NCc2ccccc2)c1OC. The van der Waals surface area contributed by atoms with E-state index in [1.807, 2.05) is 30.3 Å². The lowest BCUT2D eigenvalue weighted by atomic mass is 10.0. The summed E-state index contributed by atoms with van der Waals surface area (Å²) in [6.45, 7) is -0.0352. The first-order valence-electron chi connectivity index (χ1n) is 10.3. The topological polar surface area (TPSA) is 105 Å². The molecule has 1 heterocycles. The van der Waals surface area contributed by atoms with Crippen LogP contribution in [0, 0.1) is 0 Å². The van der Waals surface area contributed by atoms with Crippen molar-refractivity contribution in [1.82, 2.24) is 10.3 Å². The molecule has 3 rings (SSSR count). The summed E-state index contributed by atoms with van der Waals surface area (Å²) in [5.41, 5.74) is 1.34. The number of amides is 1. The molecular formula is C24H22Cl2N2O7. The molecule has 1 aromatic heterocycles. The number of methoxy groups -OCH3 is 2. The van der Waals surface area contributed by atoms with E-state index in [2.05, 4.69) is 10.3 Å². The Labute approximate surface area is 212 Å². The first-order valence-corrected chi connectivity index (χ1v) is 10.9. The lowest BCUT2D eigenvalue weighted by Gasteiger charge is -2.17. The van der Waals surface area contributed by atoms with Crippen molar-refractivity contribution in [2.75, 3.05) is 20.8 Å². The average Bonchev–Trinajstić information content (AvgIpc) is 2.90. The molecule has 35 heavy (non-hydrogen) atoms. The summed E-state index contributed by atoms with van der Waals surface area (Å²) in [7, 11) is 2.84. The van der Waals surface area contributed by atoms with E-state index in [4.69, 9.17) is 46.5 Å². The van der Waals surface area contributed by atoms with Gasteiger partial charge in [0.15, 0.2) is 35.4 Å². The number of Topliss-reactive ketones (excluding diaryl/α,β-unsaturated/α-hetero) is 1. The number of nitrogens with one attached hydrogen (secondary N) is 1. The number of benzene rings is 2. The minimum Gasteiger partial charge on any atom is -0.493 e. The molecule has 0 saturated carbocycles. The van der Waals surface area contributed by atoms with Crippen molar-refractivity contribution in [3.05, 3.63) is 71.5 Å². The summed E-state index contributed by atoms with van der Waals surface area (Å²) in [5.74, 6) is -0.0808. The van der Waals surface area contributed by atoms with Gasteiger partial charge in [-0.3, -0.25) is 14.6 Å². The maximum absolute atomic E-state index is 13.3. The van der Waals surface area contributed by atoms with Gasteiger partial charge in [-0.05, 0) is 17.7 Å². The van der Waals surface area contributed by atoms with Crippen LogP contribution in [0.25, 0.3) is 0 Å². The molecule has 9 nitrogen and oxygen atoms in total. The Balaban J connectivity index is 1.84. The summed E-state index contributed by atoms with van der Waals surface area (Å²) < 4.78 is 26.0. The van der Waals surface area contributed by atoms with Crippen molar-refractivity contribution in [3.63, 3.8) is 0 Å². The summed E-state index contributed by atoms with van der Waals surface area (Å²) >= 11 is 11.0. The monoisotopic (exact) mass is 520 g/mol. The number of nitrogens with zero attached hydrogens (tertiary/aromatic N) is 1. The molecule has 1 amide bonds. The molecule has 3 aromatic rings. The molecule has 0 atom stereocenters. The fraction of sp³-hybridized carbons (Fsp3) is 0.208. The predicted molar refractivity (Wildman–Crippen MR) is 129 cm³/mol. The van der Waals surface area contributed by atoms with Crippen LogP contribution in [0.2, 0.25) is 0 Å². The number of carbonyl (C=O) groups is 2. The van der Waals surface area contributed by atoms with Gasteiger partial charge in [0.05, 0.1) is 37.7 Å². The second kappa shape index (κ2) is 12.7. The predicted octanol–water partition coefficient (Wildman–Crippen LogP) is 4.28. The molecular weight excluding hydrogens is 499 g/mol. The minimum atomic E-state index is -0.415. The van der Waals surface area contributed by atoms with Crippen LogP contribution in [-0.4, -0.2) is 37.5 Å². The molecule has 1 N–H and O–H groups in total. The van der Waals surface area contributed by atoms with Crippen LogP contribution in [0.3, 0.4) is 0 Å². The third kappa shape index (κ3) is 6.46. The van der Waals surface area contributed by atoms with E-state index in [1.54, 1.807) is 6.07 Å². The van der Waals surface area contributed by atoms with E-state index in [0.29, 0.717) is 12.3 Å². The maximum atomic E-state index is 13.3. The molecule has 0 radical (unpaired) electrons. The van der Waals surface area contributed by atoms with Gasteiger partial charge in [0.2, 0.25) is 5.75 Å². The number of pyridine rings is 1. The summed E-state index contributed by atoms with van der Waals surface area (Å²) in [6, 6.07) is 12.5. The average molecular weight is 521 g/mol. The first kappa shape index (κ1) is 25.9. The van der Waals surface area contributed by atoms with Crippen LogP contribution in [0.1, 0.15) is 21.5 Å². The molecule has 0 aliphatic heterocycles. The largest absolute Gasteiger partial charge is 0.493 e. The number of rotatable bonds is 12.